The van der Waals surface area contributed by atoms with Gasteiger partial charge in [0.2, 0.25) is 0 Å². The van der Waals surface area contributed by atoms with Crippen molar-refractivity contribution < 1.29 is 0 Å². The summed E-state index contributed by atoms with van der Waals surface area (Å²) in [6.07, 6.45) is 1.84. The van der Waals surface area contributed by atoms with E-state index in [1.54, 1.807) is 0 Å². The molecule has 3 nitrogen and oxygen atoms in total. The molecule has 0 fully saturated rings. The Bertz CT molecular complexity index is 298. The van der Waals surface area contributed by atoms with Crippen molar-refractivity contribution in [1.29, 1.82) is 0 Å². The normalized spacial score (nSPS) is 11.4. The second-order valence-corrected chi connectivity index (χ2v) is 5.30. The summed E-state index contributed by atoms with van der Waals surface area (Å²) < 4.78 is 1.02. The van der Waals surface area contributed by atoms with E-state index in [1.165, 1.54) is 0 Å². The number of aromatic nitrogens is 1. The molecule has 4 heteroatoms. The number of rotatable bonds is 6. The Hall–Kier alpha value is -0.450. The van der Waals surface area contributed by atoms with E-state index < -0.39 is 0 Å². The maximum absolute atomic E-state index is 5.61. The van der Waals surface area contributed by atoms with Crippen LogP contribution in [-0.4, -0.2) is 29.5 Å². The topological polar surface area (TPSA) is 42.1 Å². The van der Waals surface area contributed by atoms with Gasteiger partial charge in [-0.15, -0.1) is 0 Å². The van der Waals surface area contributed by atoms with Crippen LogP contribution in [0.5, 0.6) is 0 Å². The number of pyridine rings is 1. The van der Waals surface area contributed by atoms with Crippen molar-refractivity contribution in [2.24, 2.45) is 11.7 Å². The molecule has 1 aromatic rings. The summed E-state index contributed by atoms with van der Waals surface area (Å²) in [4.78, 5) is 6.73. The highest BCUT2D eigenvalue weighted by Crippen LogP contribution is 2.10. The van der Waals surface area contributed by atoms with E-state index in [0.29, 0.717) is 12.5 Å². The van der Waals surface area contributed by atoms with Crippen molar-refractivity contribution in [2.45, 2.75) is 20.4 Å². The minimum absolute atomic E-state index is 0.655. The summed E-state index contributed by atoms with van der Waals surface area (Å²) in [6, 6.07) is 4.08. The molecule has 0 aliphatic carbocycles. The zero-order valence-corrected chi connectivity index (χ0v) is 11.6. The molecular weight excluding hydrogens is 266 g/mol. The van der Waals surface area contributed by atoms with E-state index >= 15 is 0 Å². The van der Waals surface area contributed by atoms with Crippen molar-refractivity contribution in [1.82, 2.24) is 9.88 Å². The summed E-state index contributed by atoms with van der Waals surface area (Å²) in [6.45, 7) is 8.01. The van der Waals surface area contributed by atoms with Gasteiger partial charge in [0.1, 0.15) is 0 Å². The van der Waals surface area contributed by atoms with Gasteiger partial charge in [-0.25, -0.2) is 0 Å². The fraction of sp³-hybridized carbons (Fsp3) is 0.583. The lowest BCUT2D eigenvalue weighted by Crippen LogP contribution is -2.32. The minimum atomic E-state index is 0.655. The van der Waals surface area contributed by atoms with E-state index in [1.807, 2.05) is 18.3 Å². The predicted molar refractivity (Wildman–Crippen MR) is 71.1 cm³/mol. The number of nitrogens with two attached hydrogens (primary N) is 1. The van der Waals surface area contributed by atoms with Crippen molar-refractivity contribution in [2.75, 3.05) is 19.6 Å². The molecule has 0 aliphatic rings. The maximum atomic E-state index is 5.61. The first kappa shape index (κ1) is 13.6. The van der Waals surface area contributed by atoms with E-state index in [-0.39, 0.29) is 0 Å². The Morgan fingerprint density at radius 2 is 2.19 bits per heavy atom. The van der Waals surface area contributed by atoms with Crippen LogP contribution in [0, 0.1) is 5.92 Å². The molecule has 0 unspecified atom stereocenters. The van der Waals surface area contributed by atoms with Crippen molar-refractivity contribution in [3.63, 3.8) is 0 Å². The first-order valence-corrected chi connectivity index (χ1v) is 6.44. The Morgan fingerprint density at radius 3 is 2.69 bits per heavy atom. The van der Waals surface area contributed by atoms with Crippen LogP contribution in [0.4, 0.5) is 0 Å². The predicted octanol–water partition coefficient (Wildman–Crippen LogP) is 2.26. The first-order chi connectivity index (χ1) is 7.61. The molecule has 0 radical (unpaired) electrons. The van der Waals surface area contributed by atoms with Crippen LogP contribution in [0.2, 0.25) is 0 Å². The average Bonchev–Trinajstić information content (AvgIpc) is 2.21. The van der Waals surface area contributed by atoms with Gasteiger partial charge >= 0.3 is 0 Å². The average molecular weight is 286 g/mol. The van der Waals surface area contributed by atoms with Crippen molar-refractivity contribution in [3.8, 4) is 0 Å². The van der Waals surface area contributed by atoms with Crippen LogP contribution in [0.15, 0.2) is 22.8 Å². The van der Waals surface area contributed by atoms with Crippen LogP contribution in [0.3, 0.4) is 0 Å². The monoisotopic (exact) mass is 285 g/mol. The molecule has 16 heavy (non-hydrogen) atoms. The first-order valence-electron chi connectivity index (χ1n) is 5.64. The van der Waals surface area contributed by atoms with Crippen molar-refractivity contribution in [3.05, 3.63) is 28.5 Å². The molecule has 0 aliphatic heterocycles. The Labute approximate surface area is 106 Å². The Morgan fingerprint density at radius 1 is 1.44 bits per heavy atom. The molecule has 1 aromatic heterocycles. The third kappa shape index (κ3) is 5.05. The second-order valence-electron chi connectivity index (χ2n) is 4.39. The van der Waals surface area contributed by atoms with E-state index in [2.05, 4.69) is 39.7 Å². The largest absolute Gasteiger partial charge is 0.329 e. The van der Waals surface area contributed by atoms with Gasteiger partial charge in [-0.05, 0) is 34.0 Å². The molecule has 0 atom stereocenters. The van der Waals surface area contributed by atoms with E-state index in [4.69, 9.17) is 5.73 Å². The summed E-state index contributed by atoms with van der Waals surface area (Å²) in [5.74, 6) is 0.655. The zero-order valence-electron chi connectivity index (χ0n) is 9.99. The van der Waals surface area contributed by atoms with Crippen molar-refractivity contribution >= 4 is 15.9 Å². The lowest BCUT2D eigenvalue weighted by molar-refractivity contribution is 0.240. The van der Waals surface area contributed by atoms with E-state index in [0.717, 1.165) is 29.8 Å². The van der Waals surface area contributed by atoms with Gasteiger partial charge in [-0.3, -0.25) is 9.88 Å². The van der Waals surface area contributed by atoms with Gasteiger partial charge < -0.3 is 5.73 Å². The molecule has 0 saturated heterocycles. The molecule has 0 bridgehead atoms. The summed E-state index contributed by atoms with van der Waals surface area (Å²) in [7, 11) is 0. The molecule has 0 spiro atoms. The van der Waals surface area contributed by atoms with Crippen LogP contribution in [0.25, 0.3) is 0 Å². The fourth-order valence-electron chi connectivity index (χ4n) is 1.66. The molecule has 0 aromatic carbocycles. The second kappa shape index (κ2) is 6.99. The SMILES string of the molecule is CC(C)CN(CCN)Cc1ccc(Br)cn1. The molecule has 0 amide bonds. The Kier molecular flexibility index (Phi) is 5.95. The van der Waals surface area contributed by atoms with E-state index in [9.17, 15) is 0 Å². The molecule has 90 valence electrons. The molecular formula is C12H20BrN3. The summed E-state index contributed by atoms with van der Waals surface area (Å²) in [5.41, 5.74) is 6.71. The van der Waals surface area contributed by atoms with Crippen LogP contribution in [-0.2, 0) is 6.54 Å². The third-order valence-electron chi connectivity index (χ3n) is 2.24. The molecule has 1 rings (SSSR count). The highest BCUT2D eigenvalue weighted by molar-refractivity contribution is 9.10. The standard InChI is InChI=1S/C12H20BrN3/c1-10(2)8-16(6-5-14)9-12-4-3-11(13)7-15-12/h3-4,7,10H,5-6,8-9,14H2,1-2H3. The smallest absolute Gasteiger partial charge is 0.0544 e. The lowest BCUT2D eigenvalue weighted by Gasteiger charge is -2.23. The maximum Gasteiger partial charge on any atom is 0.0544 e. The van der Waals surface area contributed by atoms with Crippen LogP contribution in [0.1, 0.15) is 19.5 Å². The van der Waals surface area contributed by atoms with Gasteiger partial charge in [-0.2, -0.15) is 0 Å². The number of hydrogen-bond acceptors (Lipinski definition) is 3. The van der Waals surface area contributed by atoms with Gasteiger partial charge in [0.15, 0.2) is 0 Å². The molecule has 1 heterocycles. The minimum Gasteiger partial charge on any atom is -0.329 e. The summed E-state index contributed by atoms with van der Waals surface area (Å²) in [5, 5.41) is 0. The van der Waals surface area contributed by atoms with Gasteiger partial charge in [0, 0.05) is 36.8 Å². The van der Waals surface area contributed by atoms with Crippen LogP contribution >= 0.6 is 15.9 Å². The number of halogens is 1. The highest BCUT2D eigenvalue weighted by atomic mass is 79.9. The zero-order chi connectivity index (χ0) is 12.0. The number of hydrogen-bond donors (Lipinski definition) is 1. The quantitative estimate of drug-likeness (QED) is 0.872. The Balaban J connectivity index is 2.56. The van der Waals surface area contributed by atoms with Gasteiger partial charge in [-0.1, -0.05) is 13.8 Å². The third-order valence-corrected chi connectivity index (χ3v) is 2.71. The van der Waals surface area contributed by atoms with Gasteiger partial charge in [0.25, 0.3) is 0 Å². The number of nitrogens with zero attached hydrogens (tertiary/aromatic N) is 2. The molecule has 2 N–H and O–H groups in total. The van der Waals surface area contributed by atoms with Crippen LogP contribution < -0.4 is 5.73 Å². The summed E-state index contributed by atoms with van der Waals surface area (Å²) >= 11 is 3.39. The fourth-order valence-corrected chi connectivity index (χ4v) is 1.90. The highest BCUT2D eigenvalue weighted by Gasteiger charge is 2.07. The van der Waals surface area contributed by atoms with Gasteiger partial charge in [0.05, 0.1) is 5.69 Å². The molecule has 0 saturated carbocycles. The lowest BCUT2D eigenvalue weighted by atomic mass is 10.2.